The van der Waals surface area contributed by atoms with Crippen molar-refractivity contribution >= 4 is 0 Å². The Labute approximate surface area is 57.4 Å². The van der Waals surface area contributed by atoms with Gasteiger partial charge in [-0.05, 0) is 18.8 Å². The van der Waals surface area contributed by atoms with E-state index in [2.05, 4.69) is 13.5 Å². The molecule has 1 heteroatoms. The Balaban J connectivity index is 3.71. The molecule has 0 radical (unpaired) electrons. The maximum atomic E-state index is 9.07. The average molecular weight is 128 g/mol. The highest BCUT2D eigenvalue weighted by atomic mass is 16.3. The minimum Gasteiger partial charge on any atom is -0.393 e. The van der Waals surface area contributed by atoms with Gasteiger partial charge < -0.3 is 5.11 Å². The zero-order valence-corrected chi connectivity index (χ0v) is 6.46. The molecule has 1 N–H and O–H groups in total. The van der Waals surface area contributed by atoms with Gasteiger partial charge in [-0.3, -0.25) is 0 Å². The lowest BCUT2D eigenvalue weighted by Crippen LogP contribution is -2.18. The molecule has 0 aromatic heterocycles. The third-order valence-electron chi connectivity index (χ3n) is 1.96. The van der Waals surface area contributed by atoms with Crippen LogP contribution in [0.25, 0.3) is 0 Å². The summed E-state index contributed by atoms with van der Waals surface area (Å²) in [4.78, 5) is 0. The molecule has 0 unspecified atom stereocenters. The van der Waals surface area contributed by atoms with Crippen LogP contribution in [0.3, 0.4) is 0 Å². The van der Waals surface area contributed by atoms with Crippen molar-refractivity contribution in [3.63, 3.8) is 0 Å². The predicted octanol–water partition coefficient (Wildman–Crippen LogP) is 1.83. The molecule has 1 nitrogen and oxygen atoms in total. The smallest absolute Gasteiger partial charge is 0.0543 e. The molecule has 0 amide bonds. The zero-order valence-electron chi connectivity index (χ0n) is 6.46. The van der Waals surface area contributed by atoms with Gasteiger partial charge in [0.15, 0.2) is 0 Å². The molecule has 0 fully saturated rings. The fourth-order valence-electron chi connectivity index (χ4n) is 0.654. The van der Waals surface area contributed by atoms with E-state index in [1.54, 1.807) is 0 Å². The predicted molar refractivity (Wildman–Crippen MR) is 40.2 cm³/mol. The Morgan fingerprint density at radius 1 is 1.33 bits per heavy atom. The standard InChI is InChI=1S/C8H16O/c1-5-6(2)7(3)8(4)9/h5-9H,1H2,2-4H3/t6-,7+,8-/m1/s1. The third-order valence-corrected chi connectivity index (χ3v) is 1.96. The SMILES string of the molecule is C=C[C@@H](C)[C@H](C)[C@@H](C)O. The van der Waals surface area contributed by atoms with Gasteiger partial charge >= 0.3 is 0 Å². The summed E-state index contributed by atoms with van der Waals surface area (Å²) in [5, 5.41) is 9.07. The summed E-state index contributed by atoms with van der Waals surface area (Å²) in [7, 11) is 0. The van der Waals surface area contributed by atoms with Crippen LogP contribution in [0.15, 0.2) is 12.7 Å². The number of rotatable bonds is 3. The van der Waals surface area contributed by atoms with Crippen molar-refractivity contribution in [3.8, 4) is 0 Å². The Hall–Kier alpha value is -0.300. The maximum Gasteiger partial charge on any atom is 0.0543 e. The molecule has 54 valence electrons. The summed E-state index contributed by atoms with van der Waals surface area (Å²) in [6, 6.07) is 0. The van der Waals surface area contributed by atoms with E-state index in [4.69, 9.17) is 5.11 Å². The van der Waals surface area contributed by atoms with E-state index in [0.717, 1.165) is 0 Å². The summed E-state index contributed by atoms with van der Waals surface area (Å²) in [5.74, 6) is 0.729. The van der Waals surface area contributed by atoms with Crippen LogP contribution in [-0.2, 0) is 0 Å². The van der Waals surface area contributed by atoms with Crippen molar-refractivity contribution in [2.24, 2.45) is 11.8 Å². The molecular weight excluding hydrogens is 112 g/mol. The van der Waals surface area contributed by atoms with Gasteiger partial charge in [0, 0.05) is 0 Å². The van der Waals surface area contributed by atoms with Gasteiger partial charge in [0.05, 0.1) is 6.10 Å². The Bertz CT molecular complexity index is 86.6. The number of aliphatic hydroxyl groups is 1. The minimum absolute atomic E-state index is 0.224. The van der Waals surface area contributed by atoms with Gasteiger partial charge in [-0.1, -0.05) is 19.9 Å². The highest BCUT2D eigenvalue weighted by molar-refractivity contribution is 4.81. The molecule has 0 heterocycles. The van der Waals surface area contributed by atoms with E-state index >= 15 is 0 Å². The topological polar surface area (TPSA) is 20.2 Å². The van der Waals surface area contributed by atoms with Crippen LogP contribution in [0.1, 0.15) is 20.8 Å². The van der Waals surface area contributed by atoms with Crippen LogP contribution in [0, 0.1) is 11.8 Å². The van der Waals surface area contributed by atoms with E-state index in [-0.39, 0.29) is 6.10 Å². The normalized spacial score (nSPS) is 20.4. The van der Waals surface area contributed by atoms with Crippen LogP contribution in [0.2, 0.25) is 0 Å². The lowest BCUT2D eigenvalue weighted by Gasteiger charge is -2.18. The molecule has 0 aliphatic carbocycles. The first-order valence-electron chi connectivity index (χ1n) is 3.40. The van der Waals surface area contributed by atoms with E-state index in [9.17, 15) is 0 Å². The maximum absolute atomic E-state index is 9.07. The summed E-state index contributed by atoms with van der Waals surface area (Å²) in [5.41, 5.74) is 0. The second-order valence-electron chi connectivity index (χ2n) is 2.69. The van der Waals surface area contributed by atoms with Crippen molar-refractivity contribution in [2.45, 2.75) is 26.9 Å². The van der Waals surface area contributed by atoms with Crippen molar-refractivity contribution in [2.75, 3.05) is 0 Å². The number of aliphatic hydroxyl groups excluding tert-OH is 1. The van der Waals surface area contributed by atoms with E-state index in [1.165, 1.54) is 0 Å². The second kappa shape index (κ2) is 3.67. The van der Waals surface area contributed by atoms with E-state index < -0.39 is 0 Å². The van der Waals surface area contributed by atoms with Crippen LogP contribution in [0.4, 0.5) is 0 Å². The van der Waals surface area contributed by atoms with E-state index in [1.807, 2.05) is 19.9 Å². The molecule has 0 aromatic rings. The van der Waals surface area contributed by atoms with Gasteiger partial charge in [0.2, 0.25) is 0 Å². The first kappa shape index (κ1) is 8.70. The lowest BCUT2D eigenvalue weighted by molar-refractivity contribution is 0.116. The van der Waals surface area contributed by atoms with Gasteiger partial charge in [0.1, 0.15) is 0 Å². The number of hydrogen-bond acceptors (Lipinski definition) is 1. The Morgan fingerprint density at radius 2 is 1.78 bits per heavy atom. The van der Waals surface area contributed by atoms with Crippen molar-refractivity contribution < 1.29 is 5.11 Å². The molecule has 0 saturated heterocycles. The van der Waals surface area contributed by atoms with Crippen LogP contribution < -0.4 is 0 Å². The molecule has 0 aliphatic rings. The summed E-state index contributed by atoms with van der Waals surface area (Å²) < 4.78 is 0. The van der Waals surface area contributed by atoms with Crippen molar-refractivity contribution in [1.29, 1.82) is 0 Å². The zero-order chi connectivity index (χ0) is 7.44. The average Bonchev–Trinajstić information content (AvgIpc) is 1.84. The van der Waals surface area contributed by atoms with Crippen molar-refractivity contribution in [3.05, 3.63) is 12.7 Å². The fourth-order valence-corrected chi connectivity index (χ4v) is 0.654. The monoisotopic (exact) mass is 128 g/mol. The quantitative estimate of drug-likeness (QED) is 0.575. The van der Waals surface area contributed by atoms with Gasteiger partial charge in [0.25, 0.3) is 0 Å². The molecule has 0 spiro atoms. The number of allylic oxidation sites excluding steroid dienone is 1. The molecule has 0 bridgehead atoms. The first-order valence-corrected chi connectivity index (χ1v) is 3.40. The summed E-state index contributed by atoms with van der Waals surface area (Å²) in [6.45, 7) is 9.55. The van der Waals surface area contributed by atoms with Gasteiger partial charge in [-0.15, -0.1) is 6.58 Å². The van der Waals surface area contributed by atoms with Crippen LogP contribution in [0.5, 0.6) is 0 Å². The molecule has 0 saturated carbocycles. The highest BCUT2D eigenvalue weighted by Gasteiger charge is 2.13. The van der Waals surface area contributed by atoms with Crippen LogP contribution in [-0.4, -0.2) is 11.2 Å². The van der Waals surface area contributed by atoms with Crippen molar-refractivity contribution in [1.82, 2.24) is 0 Å². The molecule has 3 atom stereocenters. The Morgan fingerprint density at radius 3 is 1.89 bits per heavy atom. The third kappa shape index (κ3) is 2.66. The lowest BCUT2D eigenvalue weighted by atomic mass is 9.92. The molecule has 0 aliphatic heterocycles. The Kier molecular flexibility index (Phi) is 3.55. The summed E-state index contributed by atoms with van der Waals surface area (Å²) in [6.07, 6.45) is 1.65. The fraction of sp³-hybridized carbons (Fsp3) is 0.750. The first-order chi connectivity index (χ1) is 4.09. The van der Waals surface area contributed by atoms with Gasteiger partial charge in [-0.25, -0.2) is 0 Å². The molecule has 0 aromatic carbocycles. The second-order valence-corrected chi connectivity index (χ2v) is 2.69. The summed E-state index contributed by atoms with van der Waals surface area (Å²) >= 11 is 0. The molecule has 9 heavy (non-hydrogen) atoms. The van der Waals surface area contributed by atoms with Gasteiger partial charge in [-0.2, -0.15) is 0 Å². The molecule has 0 rings (SSSR count). The largest absolute Gasteiger partial charge is 0.393 e. The van der Waals surface area contributed by atoms with Crippen LogP contribution >= 0.6 is 0 Å². The van der Waals surface area contributed by atoms with E-state index in [0.29, 0.717) is 11.8 Å². The highest BCUT2D eigenvalue weighted by Crippen LogP contribution is 2.14. The molecular formula is C8H16O. The number of hydrogen-bond donors (Lipinski definition) is 1. The minimum atomic E-state index is -0.224.